The van der Waals surface area contributed by atoms with Crippen molar-refractivity contribution < 1.29 is 20.4 Å². The number of fused-ring (bicyclic) bond motifs is 8. The summed E-state index contributed by atoms with van der Waals surface area (Å²) >= 11 is 0. The lowest BCUT2D eigenvalue weighted by Crippen LogP contribution is -1.92. The Hall–Kier alpha value is -7.06. The Morgan fingerprint density at radius 1 is 0.346 bits per heavy atom. The monoisotopic (exact) mass is 680 g/mol. The molecule has 3 aliphatic heterocycles. The molecular formula is C44H32N4O4. The van der Waals surface area contributed by atoms with Crippen molar-refractivity contribution in [1.82, 2.24) is 19.9 Å². The zero-order valence-electron chi connectivity index (χ0n) is 27.8. The molecule has 252 valence electrons. The summed E-state index contributed by atoms with van der Waals surface area (Å²) in [7, 11) is 0. The molecule has 0 radical (unpaired) electrons. The van der Waals surface area contributed by atoms with Gasteiger partial charge in [0.25, 0.3) is 0 Å². The molecular weight excluding hydrogens is 649 g/mol. The molecule has 52 heavy (non-hydrogen) atoms. The molecule has 8 nitrogen and oxygen atoms in total. The first-order valence-electron chi connectivity index (χ1n) is 17.0. The van der Waals surface area contributed by atoms with Gasteiger partial charge in [0, 0.05) is 44.7 Å². The molecule has 0 atom stereocenters. The van der Waals surface area contributed by atoms with E-state index in [0.717, 1.165) is 89.7 Å². The summed E-state index contributed by atoms with van der Waals surface area (Å²) in [5.41, 5.74) is 13.8. The first kappa shape index (κ1) is 31.0. The highest BCUT2D eigenvalue weighted by molar-refractivity contribution is 5.97. The van der Waals surface area contributed by atoms with Crippen LogP contribution in [0.15, 0.2) is 109 Å². The SMILES string of the molecule is Oc1ccc(-c2c3nc(c(-c4ccc(O)cc4)c4ccc([nH]4)c(-c4ccc(O)cc4)c4nc(c(-c5ccc(O)cc5)c5[nH]c2CC5)C=C4)C=C3)cc1. The van der Waals surface area contributed by atoms with Gasteiger partial charge >= 0.3 is 0 Å². The maximum Gasteiger partial charge on any atom is 0.115 e. The van der Waals surface area contributed by atoms with Crippen LogP contribution in [0.4, 0.5) is 0 Å². The van der Waals surface area contributed by atoms with Crippen LogP contribution >= 0.6 is 0 Å². The van der Waals surface area contributed by atoms with Crippen molar-refractivity contribution >= 4 is 35.3 Å². The summed E-state index contributed by atoms with van der Waals surface area (Å²) in [6, 6.07) is 32.6. The first-order chi connectivity index (χ1) is 25.4. The van der Waals surface area contributed by atoms with Crippen LogP contribution in [0, 0.1) is 0 Å². The van der Waals surface area contributed by atoms with Gasteiger partial charge in [-0.15, -0.1) is 0 Å². The Kier molecular flexibility index (Phi) is 7.36. The van der Waals surface area contributed by atoms with Gasteiger partial charge in [0.1, 0.15) is 23.0 Å². The topological polar surface area (TPSA) is 138 Å². The second-order valence-corrected chi connectivity index (χ2v) is 13.0. The first-order valence-corrected chi connectivity index (χ1v) is 17.0. The van der Waals surface area contributed by atoms with Gasteiger partial charge < -0.3 is 30.4 Å². The number of phenols is 4. The molecule has 8 bridgehead atoms. The number of aromatic nitrogens is 4. The number of rotatable bonds is 4. The van der Waals surface area contributed by atoms with Crippen LogP contribution in [0.5, 0.6) is 23.0 Å². The van der Waals surface area contributed by atoms with Gasteiger partial charge in [-0.05, 0) is 120 Å². The van der Waals surface area contributed by atoms with Gasteiger partial charge in [-0.1, -0.05) is 48.5 Å². The standard InChI is InChI=1S/C44H32N4O4/c49-29-9-1-25(2-10-29)41-33-17-19-35(45-33)42(26-3-11-30(50)12-4-26)37-21-23-39(47-37)44(28-7-15-32(52)16-8-28)40-24-22-38(48-40)43(36-20-18-34(41)46-36)27-5-13-31(51)14-6-27/h1-21,23,45,48-52H,22,24H2. The van der Waals surface area contributed by atoms with E-state index in [0.29, 0.717) is 12.8 Å². The van der Waals surface area contributed by atoms with E-state index in [1.807, 2.05) is 85.0 Å². The van der Waals surface area contributed by atoms with Gasteiger partial charge in [-0.25, -0.2) is 9.97 Å². The van der Waals surface area contributed by atoms with Crippen molar-refractivity contribution in [3.63, 3.8) is 0 Å². The van der Waals surface area contributed by atoms with Crippen LogP contribution in [0.3, 0.4) is 0 Å². The maximum absolute atomic E-state index is 10.2. The lowest BCUT2D eigenvalue weighted by Gasteiger charge is -2.08. The highest BCUT2D eigenvalue weighted by Gasteiger charge is 2.22. The zero-order valence-corrected chi connectivity index (χ0v) is 27.8. The van der Waals surface area contributed by atoms with Crippen molar-refractivity contribution in [2.24, 2.45) is 0 Å². The van der Waals surface area contributed by atoms with E-state index in [-0.39, 0.29) is 23.0 Å². The van der Waals surface area contributed by atoms with E-state index >= 15 is 0 Å². The summed E-state index contributed by atoms with van der Waals surface area (Å²) in [6.45, 7) is 0. The number of nitrogens with zero attached hydrogens (tertiary/aromatic N) is 2. The number of hydrogen-bond donors (Lipinski definition) is 6. The Morgan fingerprint density at radius 3 is 0.962 bits per heavy atom. The normalized spacial score (nSPS) is 12.6. The van der Waals surface area contributed by atoms with E-state index in [4.69, 9.17) is 9.97 Å². The van der Waals surface area contributed by atoms with Crippen LogP contribution in [0.1, 0.15) is 34.2 Å². The summed E-state index contributed by atoms with van der Waals surface area (Å²) in [5.74, 6) is 0.703. The third kappa shape index (κ3) is 5.52. The van der Waals surface area contributed by atoms with Crippen molar-refractivity contribution in [3.05, 3.63) is 143 Å². The number of aryl methyl sites for hydroxylation is 2. The molecule has 0 amide bonds. The maximum atomic E-state index is 10.2. The van der Waals surface area contributed by atoms with Gasteiger partial charge in [0.05, 0.1) is 22.8 Å². The third-order valence-corrected chi connectivity index (χ3v) is 9.68. The van der Waals surface area contributed by atoms with Crippen molar-refractivity contribution in [1.29, 1.82) is 0 Å². The fourth-order valence-electron chi connectivity index (χ4n) is 7.25. The molecule has 0 fully saturated rings. The minimum absolute atomic E-state index is 0.170. The summed E-state index contributed by atoms with van der Waals surface area (Å²) in [4.78, 5) is 18.0. The van der Waals surface area contributed by atoms with E-state index in [1.54, 1.807) is 48.5 Å². The average Bonchev–Trinajstić information content (AvgIpc) is 3.99. The third-order valence-electron chi connectivity index (χ3n) is 9.68. The number of benzene rings is 4. The fraction of sp³-hybridized carbons (Fsp3) is 0.0455. The fourth-order valence-corrected chi connectivity index (χ4v) is 7.25. The molecule has 4 aromatic carbocycles. The van der Waals surface area contributed by atoms with Crippen LogP contribution in [-0.4, -0.2) is 40.4 Å². The van der Waals surface area contributed by atoms with Crippen LogP contribution in [0.25, 0.3) is 79.8 Å². The molecule has 6 aromatic rings. The Morgan fingerprint density at radius 2 is 0.635 bits per heavy atom. The number of hydrogen-bond acceptors (Lipinski definition) is 6. The van der Waals surface area contributed by atoms with Gasteiger partial charge in [0.15, 0.2) is 0 Å². The minimum atomic E-state index is 0.170. The van der Waals surface area contributed by atoms with E-state index in [1.165, 1.54) is 0 Å². The number of aromatic hydroxyl groups is 4. The quantitative estimate of drug-likeness (QED) is 0.109. The molecule has 0 unspecified atom stereocenters. The molecule has 9 rings (SSSR count). The second kappa shape index (κ2) is 12.4. The molecule has 6 N–H and O–H groups in total. The summed E-state index contributed by atoms with van der Waals surface area (Å²) in [6.07, 6.45) is 9.50. The molecule has 2 aromatic heterocycles. The van der Waals surface area contributed by atoms with Gasteiger partial charge in [-0.3, -0.25) is 0 Å². The Labute approximate surface area is 298 Å². The van der Waals surface area contributed by atoms with Crippen molar-refractivity contribution in [2.75, 3.05) is 0 Å². The zero-order chi connectivity index (χ0) is 35.3. The second-order valence-electron chi connectivity index (χ2n) is 13.0. The van der Waals surface area contributed by atoms with Crippen LogP contribution in [-0.2, 0) is 12.8 Å². The largest absolute Gasteiger partial charge is 0.508 e. The predicted molar refractivity (Wildman–Crippen MR) is 206 cm³/mol. The van der Waals surface area contributed by atoms with Crippen LogP contribution in [0.2, 0.25) is 0 Å². The highest BCUT2D eigenvalue weighted by Crippen LogP contribution is 2.39. The minimum Gasteiger partial charge on any atom is -0.508 e. The molecule has 0 spiro atoms. The Balaban J connectivity index is 1.46. The number of phenolic OH excluding ortho intramolecular Hbond substituents is 4. The lowest BCUT2D eigenvalue weighted by atomic mass is 9.99. The lowest BCUT2D eigenvalue weighted by molar-refractivity contribution is 0.475. The van der Waals surface area contributed by atoms with Gasteiger partial charge in [-0.2, -0.15) is 0 Å². The smallest absolute Gasteiger partial charge is 0.115 e. The van der Waals surface area contributed by atoms with E-state index in [2.05, 4.69) is 9.97 Å². The molecule has 3 aliphatic rings. The molecule has 0 saturated heterocycles. The van der Waals surface area contributed by atoms with Crippen LogP contribution < -0.4 is 0 Å². The molecule has 0 aliphatic carbocycles. The predicted octanol–water partition coefficient (Wildman–Crippen LogP) is 9.65. The highest BCUT2D eigenvalue weighted by atomic mass is 16.3. The average molecular weight is 681 g/mol. The summed E-state index contributed by atoms with van der Waals surface area (Å²) < 4.78 is 0. The number of nitrogens with one attached hydrogen (secondary N) is 2. The Bertz CT molecular complexity index is 2450. The van der Waals surface area contributed by atoms with Crippen molar-refractivity contribution in [3.8, 4) is 67.5 Å². The molecule has 0 saturated carbocycles. The van der Waals surface area contributed by atoms with Gasteiger partial charge in [0.2, 0.25) is 0 Å². The molecule has 8 heteroatoms. The van der Waals surface area contributed by atoms with E-state index in [9.17, 15) is 20.4 Å². The van der Waals surface area contributed by atoms with Crippen molar-refractivity contribution in [2.45, 2.75) is 12.8 Å². The van der Waals surface area contributed by atoms with E-state index < -0.39 is 0 Å². The number of aromatic amines is 2. The summed E-state index contributed by atoms with van der Waals surface area (Å²) in [5, 5.41) is 40.7. The molecule has 5 heterocycles. The number of H-pyrrole nitrogens is 2.